The van der Waals surface area contributed by atoms with Gasteiger partial charge in [-0.15, -0.1) is 0 Å². The molecule has 152 valence electrons. The van der Waals surface area contributed by atoms with E-state index in [0.29, 0.717) is 45.2 Å². The van der Waals surface area contributed by atoms with Gasteiger partial charge in [0.2, 0.25) is 0 Å². The van der Waals surface area contributed by atoms with Gasteiger partial charge in [0, 0.05) is 45.5 Å². The lowest BCUT2D eigenvalue weighted by molar-refractivity contribution is -0.152. The highest BCUT2D eigenvalue weighted by molar-refractivity contribution is 6.34. The molecule has 3 heterocycles. The monoisotopic (exact) mass is 392 g/mol. The lowest BCUT2D eigenvalue weighted by atomic mass is 9.90. The minimum absolute atomic E-state index is 0.338. The minimum atomic E-state index is -0.354. The van der Waals surface area contributed by atoms with Gasteiger partial charge in [-0.25, -0.2) is 4.98 Å². The third-order valence-corrected chi connectivity index (χ3v) is 5.99. The van der Waals surface area contributed by atoms with Gasteiger partial charge in [-0.3, -0.25) is 9.59 Å². The average Bonchev–Trinajstić information content (AvgIpc) is 2.80. The van der Waals surface area contributed by atoms with E-state index in [1.807, 2.05) is 24.3 Å². The summed E-state index contributed by atoms with van der Waals surface area (Å²) in [4.78, 5) is 35.4. The number of piperazine rings is 1. The number of hydrogen-bond acceptors (Lipinski definition) is 4. The van der Waals surface area contributed by atoms with Crippen LogP contribution in [0.25, 0.3) is 0 Å². The lowest BCUT2D eigenvalue weighted by Crippen LogP contribution is -2.54. The number of rotatable bonds is 3. The molecule has 0 spiro atoms. The predicted octanol–water partition coefficient (Wildman–Crippen LogP) is 2.21. The van der Waals surface area contributed by atoms with Crippen LogP contribution >= 0.6 is 0 Å². The summed E-state index contributed by atoms with van der Waals surface area (Å²) in [6.07, 6.45) is 4.74. The van der Waals surface area contributed by atoms with Crippen molar-refractivity contribution in [3.63, 3.8) is 0 Å². The van der Waals surface area contributed by atoms with Crippen LogP contribution in [0.15, 0.2) is 54.7 Å². The van der Waals surface area contributed by atoms with Crippen molar-refractivity contribution in [1.82, 2.24) is 14.8 Å². The Morgan fingerprint density at radius 1 is 0.793 bits per heavy atom. The molecule has 6 nitrogen and oxygen atoms in total. The molecule has 29 heavy (non-hydrogen) atoms. The summed E-state index contributed by atoms with van der Waals surface area (Å²) in [7, 11) is 0. The quantitative estimate of drug-likeness (QED) is 0.752. The third-order valence-electron chi connectivity index (χ3n) is 5.99. The van der Waals surface area contributed by atoms with Gasteiger partial charge >= 0.3 is 11.8 Å². The lowest BCUT2D eigenvalue weighted by Gasteiger charge is -2.37. The third kappa shape index (κ3) is 4.75. The topological polar surface area (TPSA) is 56.8 Å². The van der Waals surface area contributed by atoms with Gasteiger partial charge in [0.1, 0.15) is 5.82 Å². The first kappa shape index (κ1) is 19.4. The smallest absolute Gasteiger partial charge is 0.312 e. The summed E-state index contributed by atoms with van der Waals surface area (Å²) in [6, 6.07) is 16.3. The molecule has 4 rings (SSSR count). The van der Waals surface area contributed by atoms with Crippen molar-refractivity contribution < 1.29 is 9.59 Å². The van der Waals surface area contributed by atoms with Crippen LogP contribution in [0.2, 0.25) is 0 Å². The molecule has 0 unspecified atom stereocenters. The number of aromatic nitrogens is 1. The number of carbonyl (C=O) groups excluding carboxylic acids is 2. The molecule has 2 aliphatic heterocycles. The van der Waals surface area contributed by atoms with Crippen LogP contribution < -0.4 is 4.90 Å². The summed E-state index contributed by atoms with van der Waals surface area (Å²) in [5.41, 5.74) is 1.35. The molecule has 0 aliphatic carbocycles. The molecular formula is C23H28N4O2. The zero-order valence-corrected chi connectivity index (χ0v) is 16.7. The second-order valence-electron chi connectivity index (χ2n) is 7.89. The van der Waals surface area contributed by atoms with Crippen LogP contribution in [0, 0.1) is 5.92 Å². The first-order valence-corrected chi connectivity index (χ1v) is 10.5. The number of anilines is 1. The molecule has 2 aliphatic rings. The molecule has 1 aromatic carbocycles. The van der Waals surface area contributed by atoms with E-state index in [9.17, 15) is 9.59 Å². The van der Waals surface area contributed by atoms with Crippen molar-refractivity contribution in [2.24, 2.45) is 5.92 Å². The summed E-state index contributed by atoms with van der Waals surface area (Å²) < 4.78 is 0. The van der Waals surface area contributed by atoms with Gasteiger partial charge in [0.05, 0.1) is 0 Å². The van der Waals surface area contributed by atoms with Gasteiger partial charge in [-0.05, 0) is 42.9 Å². The van der Waals surface area contributed by atoms with Crippen molar-refractivity contribution in [3.05, 3.63) is 60.3 Å². The van der Waals surface area contributed by atoms with Crippen LogP contribution in [-0.2, 0) is 16.0 Å². The Morgan fingerprint density at radius 3 is 2.03 bits per heavy atom. The minimum Gasteiger partial charge on any atom is -0.353 e. The fourth-order valence-electron chi connectivity index (χ4n) is 4.24. The molecule has 1 aromatic heterocycles. The van der Waals surface area contributed by atoms with Crippen LogP contribution in [0.4, 0.5) is 5.82 Å². The number of hydrogen-bond donors (Lipinski definition) is 0. The number of piperidine rings is 1. The summed E-state index contributed by atoms with van der Waals surface area (Å²) in [5.74, 6) is 0.812. The van der Waals surface area contributed by atoms with Crippen molar-refractivity contribution in [2.45, 2.75) is 19.3 Å². The first-order chi connectivity index (χ1) is 14.2. The van der Waals surface area contributed by atoms with Gasteiger partial charge in [-0.2, -0.15) is 0 Å². The van der Waals surface area contributed by atoms with Crippen molar-refractivity contribution in [1.29, 1.82) is 0 Å². The molecule has 0 bridgehead atoms. The van der Waals surface area contributed by atoms with Crippen molar-refractivity contribution in [2.75, 3.05) is 44.2 Å². The summed E-state index contributed by atoms with van der Waals surface area (Å²) >= 11 is 0. The van der Waals surface area contributed by atoms with Crippen LogP contribution in [0.5, 0.6) is 0 Å². The van der Waals surface area contributed by atoms with Gasteiger partial charge < -0.3 is 14.7 Å². The van der Waals surface area contributed by atoms with Crippen LogP contribution in [0.1, 0.15) is 18.4 Å². The molecule has 6 heteroatoms. The Balaban J connectivity index is 1.24. The molecule has 2 amide bonds. The number of nitrogens with zero attached hydrogens (tertiary/aromatic N) is 4. The van der Waals surface area contributed by atoms with E-state index in [2.05, 4.69) is 34.1 Å². The van der Waals surface area contributed by atoms with Gasteiger partial charge in [-0.1, -0.05) is 36.4 Å². The maximum absolute atomic E-state index is 12.7. The highest BCUT2D eigenvalue weighted by Crippen LogP contribution is 2.22. The maximum Gasteiger partial charge on any atom is 0.312 e. The molecule has 2 saturated heterocycles. The zero-order valence-electron chi connectivity index (χ0n) is 16.7. The van der Waals surface area contributed by atoms with Crippen molar-refractivity contribution in [3.8, 4) is 0 Å². The molecule has 2 fully saturated rings. The summed E-state index contributed by atoms with van der Waals surface area (Å²) in [5, 5.41) is 0. The Hall–Kier alpha value is -2.89. The number of carbonyl (C=O) groups is 2. The predicted molar refractivity (Wildman–Crippen MR) is 112 cm³/mol. The van der Waals surface area contributed by atoms with E-state index in [1.54, 1.807) is 16.0 Å². The molecule has 0 atom stereocenters. The Labute approximate surface area is 172 Å². The first-order valence-electron chi connectivity index (χ1n) is 10.5. The second kappa shape index (κ2) is 9.07. The Bertz CT molecular complexity index is 811. The zero-order chi connectivity index (χ0) is 20.1. The highest BCUT2D eigenvalue weighted by atomic mass is 16.2. The van der Waals surface area contributed by atoms with E-state index >= 15 is 0 Å². The number of benzene rings is 1. The van der Waals surface area contributed by atoms with E-state index in [1.165, 1.54) is 5.56 Å². The SMILES string of the molecule is O=C(C(=O)N1CCN(c2ccccn2)CC1)N1CCC(Cc2ccccc2)CC1. The Morgan fingerprint density at radius 2 is 1.41 bits per heavy atom. The largest absolute Gasteiger partial charge is 0.353 e. The molecule has 2 aromatic rings. The molecule has 0 N–H and O–H groups in total. The fraction of sp³-hybridized carbons (Fsp3) is 0.435. The fourth-order valence-corrected chi connectivity index (χ4v) is 4.24. The van der Waals surface area contributed by atoms with Gasteiger partial charge in [0.25, 0.3) is 0 Å². The maximum atomic E-state index is 12.7. The Kier molecular flexibility index (Phi) is 6.08. The summed E-state index contributed by atoms with van der Waals surface area (Å²) in [6.45, 7) is 3.88. The number of amides is 2. The van der Waals surface area contributed by atoms with Gasteiger partial charge in [0.15, 0.2) is 0 Å². The standard InChI is InChI=1S/C23H28N4O2/c28-22(26-12-9-20(10-13-26)18-19-6-2-1-3-7-19)23(29)27-16-14-25(15-17-27)21-8-4-5-11-24-21/h1-8,11,20H,9-10,12-18H2. The molecule has 0 saturated carbocycles. The van der Waals surface area contributed by atoms with Crippen LogP contribution in [-0.4, -0.2) is 65.9 Å². The van der Waals surface area contributed by atoms with E-state index in [-0.39, 0.29) is 11.8 Å². The highest BCUT2D eigenvalue weighted by Gasteiger charge is 2.32. The van der Waals surface area contributed by atoms with E-state index in [0.717, 1.165) is 25.1 Å². The number of likely N-dealkylation sites (tertiary alicyclic amines) is 1. The van der Waals surface area contributed by atoms with E-state index in [4.69, 9.17) is 0 Å². The normalized spacial score (nSPS) is 18.0. The molecule has 0 radical (unpaired) electrons. The van der Waals surface area contributed by atoms with Crippen LogP contribution in [0.3, 0.4) is 0 Å². The molecular weight excluding hydrogens is 364 g/mol. The second-order valence-corrected chi connectivity index (χ2v) is 7.89. The van der Waals surface area contributed by atoms with Crippen molar-refractivity contribution >= 4 is 17.6 Å². The number of pyridine rings is 1. The van der Waals surface area contributed by atoms with E-state index < -0.39 is 0 Å². The average molecular weight is 393 g/mol.